The van der Waals surface area contributed by atoms with E-state index in [4.69, 9.17) is 4.74 Å². The molecule has 1 saturated heterocycles. The summed E-state index contributed by atoms with van der Waals surface area (Å²) in [4.78, 5) is 14.1. The van der Waals surface area contributed by atoms with Crippen LogP contribution in [0.3, 0.4) is 0 Å². The number of carbonyl (C=O) groups is 1. The van der Waals surface area contributed by atoms with Crippen LogP contribution in [-0.4, -0.2) is 47.9 Å². The van der Waals surface area contributed by atoms with Gasteiger partial charge in [-0.25, -0.2) is 4.79 Å². The van der Waals surface area contributed by atoms with Gasteiger partial charge in [-0.05, 0) is 51.8 Å². The summed E-state index contributed by atoms with van der Waals surface area (Å²) in [6, 6.07) is 0. The average Bonchev–Trinajstić information content (AvgIpc) is 2.88. The van der Waals surface area contributed by atoms with Crippen LogP contribution in [0.25, 0.3) is 0 Å². The number of rotatable bonds is 3. The summed E-state index contributed by atoms with van der Waals surface area (Å²) in [6.07, 6.45) is 6.27. The Bertz CT molecular complexity index is 453. The molecule has 1 aliphatic rings. The molecule has 5 heteroatoms. The first kappa shape index (κ1) is 14.1. The molecular formula is C14H23N3O2. The Kier molecular flexibility index (Phi) is 3.94. The van der Waals surface area contributed by atoms with E-state index < -0.39 is 5.54 Å². The van der Waals surface area contributed by atoms with Crippen molar-refractivity contribution in [2.24, 2.45) is 0 Å². The minimum absolute atomic E-state index is 0.275. The van der Waals surface area contributed by atoms with Crippen LogP contribution in [0.1, 0.15) is 38.2 Å². The molecule has 1 fully saturated rings. The fourth-order valence-corrected chi connectivity index (χ4v) is 2.64. The van der Waals surface area contributed by atoms with E-state index in [1.165, 1.54) is 25.5 Å². The molecule has 1 aliphatic heterocycles. The van der Waals surface area contributed by atoms with E-state index in [9.17, 15) is 4.79 Å². The van der Waals surface area contributed by atoms with Gasteiger partial charge < -0.3 is 9.64 Å². The molecule has 1 atom stereocenters. The molecule has 2 heterocycles. The Balaban J connectivity index is 2.16. The highest BCUT2D eigenvalue weighted by atomic mass is 16.5. The Hall–Kier alpha value is -1.36. The number of likely N-dealkylation sites (N-methyl/N-ethyl adjacent to an activating group) is 1. The summed E-state index contributed by atoms with van der Waals surface area (Å²) >= 11 is 0. The first-order chi connectivity index (χ1) is 8.95. The molecule has 0 bridgehead atoms. The molecule has 1 aromatic heterocycles. The van der Waals surface area contributed by atoms with Crippen LogP contribution in [0, 0.1) is 0 Å². The summed E-state index contributed by atoms with van der Waals surface area (Å²) in [6.45, 7) is 5.87. The predicted molar refractivity (Wildman–Crippen MR) is 73.0 cm³/mol. The number of hydrogen-bond acceptors (Lipinski definition) is 4. The number of carbonyl (C=O) groups excluding carboxylic acids is 1. The van der Waals surface area contributed by atoms with E-state index in [1.807, 2.05) is 26.2 Å². The van der Waals surface area contributed by atoms with Crippen LogP contribution in [-0.2, 0) is 15.1 Å². The molecule has 0 saturated carbocycles. The third-order valence-electron chi connectivity index (χ3n) is 3.96. The van der Waals surface area contributed by atoms with E-state index in [1.54, 1.807) is 4.68 Å². The lowest BCUT2D eigenvalue weighted by molar-refractivity contribution is -0.150. The zero-order chi connectivity index (χ0) is 14.0. The maximum Gasteiger partial charge on any atom is 0.333 e. The summed E-state index contributed by atoms with van der Waals surface area (Å²) in [7, 11) is 3.56. The quantitative estimate of drug-likeness (QED) is 0.779. The number of hydrogen-bond donors (Lipinski definition) is 0. The molecule has 106 valence electrons. The van der Waals surface area contributed by atoms with E-state index in [2.05, 4.69) is 17.0 Å². The second-order valence-corrected chi connectivity index (χ2v) is 5.87. The third kappa shape index (κ3) is 2.81. The molecule has 1 unspecified atom stereocenters. The van der Waals surface area contributed by atoms with E-state index >= 15 is 0 Å². The number of piperidine rings is 1. The van der Waals surface area contributed by atoms with Gasteiger partial charge in [-0.1, -0.05) is 0 Å². The van der Waals surface area contributed by atoms with Gasteiger partial charge >= 0.3 is 5.97 Å². The molecule has 0 spiro atoms. The molecule has 1 aromatic rings. The molecule has 5 nitrogen and oxygen atoms in total. The first-order valence-electron chi connectivity index (χ1n) is 6.77. The molecule has 0 radical (unpaired) electrons. The Morgan fingerprint density at radius 3 is 2.89 bits per heavy atom. The third-order valence-corrected chi connectivity index (χ3v) is 3.96. The smallest absolute Gasteiger partial charge is 0.333 e. The van der Waals surface area contributed by atoms with Crippen molar-refractivity contribution in [2.45, 2.75) is 38.1 Å². The largest absolute Gasteiger partial charge is 0.467 e. The maximum atomic E-state index is 11.8. The van der Waals surface area contributed by atoms with Gasteiger partial charge in [0.2, 0.25) is 0 Å². The van der Waals surface area contributed by atoms with Crippen molar-refractivity contribution in [1.82, 2.24) is 14.7 Å². The second kappa shape index (κ2) is 5.33. The van der Waals surface area contributed by atoms with Crippen LogP contribution < -0.4 is 0 Å². The first-order valence-corrected chi connectivity index (χ1v) is 6.77. The molecule has 0 amide bonds. The Labute approximate surface area is 114 Å². The average molecular weight is 265 g/mol. The van der Waals surface area contributed by atoms with Crippen molar-refractivity contribution in [2.75, 3.05) is 27.2 Å². The van der Waals surface area contributed by atoms with Gasteiger partial charge in [0.1, 0.15) is 0 Å². The van der Waals surface area contributed by atoms with Gasteiger partial charge in [0.15, 0.2) is 5.54 Å². The maximum absolute atomic E-state index is 11.8. The van der Waals surface area contributed by atoms with Crippen molar-refractivity contribution in [1.29, 1.82) is 0 Å². The minimum Gasteiger partial charge on any atom is -0.467 e. The summed E-state index contributed by atoms with van der Waals surface area (Å²) < 4.78 is 6.54. The molecule has 0 aliphatic carbocycles. The number of nitrogens with zero attached hydrogens (tertiary/aromatic N) is 3. The van der Waals surface area contributed by atoms with Crippen LogP contribution in [0.15, 0.2) is 12.4 Å². The van der Waals surface area contributed by atoms with Crippen LogP contribution in [0.2, 0.25) is 0 Å². The van der Waals surface area contributed by atoms with Gasteiger partial charge in [-0.3, -0.25) is 4.68 Å². The monoisotopic (exact) mass is 265 g/mol. The number of ether oxygens (including phenoxy) is 1. The lowest BCUT2D eigenvalue weighted by Crippen LogP contribution is -2.37. The van der Waals surface area contributed by atoms with Gasteiger partial charge in [-0.2, -0.15) is 5.10 Å². The highest BCUT2D eigenvalue weighted by Crippen LogP contribution is 2.27. The zero-order valence-corrected chi connectivity index (χ0v) is 12.2. The van der Waals surface area contributed by atoms with E-state index in [-0.39, 0.29) is 5.97 Å². The van der Waals surface area contributed by atoms with Crippen molar-refractivity contribution >= 4 is 5.97 Å². The highest BCUT2D eigenvalue weighted by molar-refractivity contribution is 5.77. The SMILES string of the molecule is COC(=O)C(C)(C)n1cc(C2CCCN(C)C2)cn1. The summed E-state index contributed by atoms with van der Waals surface area (Å²) in [5, 5.41) is 4.35. The Morgan fingerprint density at radius 2 is 2.26 bits per heavy atom. The number of esters is 1. The van der Waals surface area contributed by atoms with Crippen LogP contribution >= 0.6 is 0 Å². The van der Waals surface area contributed by atoms with Crippen molar-refractivity contribution < 1.29 is 9.53 Å². The van der Waals surface area contributed by atoms with Crippen molar-refractivity contribution in [3.63, 3.8) is 0 Å². The van der Waals surface area contributed by atoms with E-state index in [0.29, 0.717) is 5.92 Å². The predicted octanol–water partition coefficient (Wildman–Crippen LogP) is 1.60. The van der Waals surface area contributed by atoms with E-state index in [0.717, 1.165) is 13.1 Å². The Morgan fingerprint density at radius 1 is 1.53 bits per heavy atom. The van der Waals surface area contributed by atoms with Crippen LogP contribution in [0.5, 0.6) is 0 Å². The van der Waals surface area contributed by atoms with Gasteiger partial charge in [0.25, 0.3) is 0 Å². The molecular weight excluding hydrogens is 242 g/mol. The zero-order valence-electron chi connectivity index (χ0n) is 12.2. The fraction of sp³-hybridized carbons (Fsp3) is 0.714. The summed E-state index contributed by atoms with van der Waals surface area (Å²) in [5.74, 6) is 0.240. The van der Waals surface area contributed by atoms with Crippen molar-refractivity contribution in [3.8, 4) is 0 Å². The van der Waals surface area contributed by atoms with Gasteiger partial charge in [0, 0.05) is 12.7 Å². The summed E-state index contributed by atoms with van der Waals surface area (Å²) in [5.41, 5.74) is 0.455. The van der Waals surface area contributed by atoms with Gasteiger partial charge in [-0.15, -0.1) is 0 Å². The lowest BCUT2D eigenvalue weighted by Gasteiger charge is -2.29. The van der Waals surface area contributed by atoms with Crippen LogP contribution in [0.4, 0.5) is 0 Å². The topological polar surface area (TPSA) is 47.4 Å². The molecule has 19 heavy (non-hydrogen) atoms. The normalized spacial score (nSPS) is 21.4. The fourth-order valence-electron chi connectivity index (χ4n) is 2.64. The van der Waals surface area contributed by atoms with Gasteiger partial charge in [0.05, 0.1) is 13.3 Å². The van der Waals surface area contributed by atoms with Crippen molar-refractivity contribution in [3.05, 3.63) is 18.0 Å². The molecule has 0 aromatic carbocycles. The lowest BCUT2D eigenvalue weighted by atomic mass is 9.93. The standard InChI is InChI=1S/C14H23N3O2/c1-14(2,13(18)19-4)17-10-12(8-15-17)11-6-5-7-16(3)9-11/h8,10-11H,5-7,9H2,1-4H3. The minimum atomic E-state index is -0.756. The number of methoxy groups -OCH3 is 1. The number of likely N-dealkylation sites (tertiary alicyclic amines) is 1. The molecule has 0 N–H and O–H groups in total. The number of aromatic nitrogens is 2. The molecule has 2 rings (SSSR count). The second-order valence-electron chi connectivity index (χ2n) is 5.87. The highest BCUT2D eigenvalue weighted by Gasteiger charge is 2.32.